The second-order valence-electron chi connectivity index (χ2n) is 4.09. The largest absolute Gasteiger partial charge is 0.449 e. The lowest BCUT2D eigenvalue weighted by Gasteiger charge is -2.05. The van der Waals surface area contributed by atoms with Crippen molar-refractivity contribution in [1.82, 2.24) is 5.32 Å². The van der Waals surface area contributed by atoms with E-state index in [1.54, 1.807) is 12.1 Å². The summed E-state index contributed by atoms with van der Waals surface area (Å²) >= 11 is 0. The molecular weight excluding hydrogens is 228 g/mol. The van der Waals surface area contributed by atoms with Crippen molar-refractivity contribution in [1.29, 1.82) is 0 Å². The van der Waals surface area contributed by atoms with Crippen molar-refractivity contribution in [2.24, 2.45) is 0 Å². The molecule has 0 aliphatic rings. The van der Waals surface area contributed by atoms with Crippen LogP contribution >= 0.6 is 0 Å². The minimum absolute atomic E-state index is 0.253. The fourth-order valence-corrected chi connectivity index (χ4v) is 1.58. The lowest BCUT2D eigenvalue weighted by molar-refractivity contribution is 0.251. The van der Waals surface area contributed by atoms with Crippen LogP contribution in [-0.4, -0.2) is 12.6 Å². The maximum Gasteiger partial charge on any atom is 0.321 e. The number of anilines is 1. The highest BCUT2D eigenvalue weighted by atomic mass is 16.3. The predicted molar refractivity (Wildman–Crippen MR) is 70.6 cm³/mol. The highest BCUT2D eigenvalue weighted by Gasteiger charge is 2.02. The number of benzene rings is 1. The van der Waals surface area contributed by atoms with Gasteiger partial charge in [0.1, 0.15) is 0 Å². The van der Waals surface area contributed by atoms with E-state index in [-0.39, 0.29) is 6.03 Å². The van der Waals surface area contributed by atoms with Crippen LogP contribution in [0.3, 0.4) is 0 Å². The van der Waals surface area contributed by atoms with Gasteiger partial charge in [-0.2, -0.15) is 0 Å². The van der Waals surface area contributed by atoms with Gasteiger partial charge in [-0.3, -0.25) is 5.32 Å². The Labute approximate surface area is 106 Å². The molecule has 2 N–H and O–H groups in total. The molecule has 0 fully saturated rings. The predicted octanol–water partition coefficient (Wildman–Crippen LogP) is 2.95. The van der Waals surface area contributed by atoms with E-state index in [2.05, 4.69) is 41.8 Å². The molecule has 0 aliphatic heterocycles. The quantitative estimate of drug-likeness (QED) is 0.868. The molecule has 0 aliphatic carbocycles. The third kappa shape index (κ3) is 3.66. The number of nitrogens with one attached hydrogen (secondary N) is 2. The Morgan fingerprint density at radius 3 is 2.67 bits per heavy atom. The number of carbonyl (C=O) groups excluding carboxylic acids is 1. The van der Waals surface area contributed by atoms with Crippen molar-refractivity contribution in [3.05, 3.63) is 53.8 Å². The van der Waals surface area contributed by atoms with E-state index in [1.807, 2.05) is 0 Å². The second kappa shape index (κ2) is 5.91. The van der Waals surface area contributed by atoms with Gasteiger partial charge in [0, 0.05) is 12.6 Å². The van der Waals surface area contributed by atoms with Gasteiger partial charge in [0.2, 0.25) is 5.88 Å². The molecule has 0 atom stereocenters. The maximum atomic E-state index is 11.5. The molecule has 2 rings (SSSR count). The molecule has 2 amide bonds. The molecule has 2 aromatic rings. The maximum absolute atomic E-state index is 11.5. The summed E-state index contributed by atoms with van der Waals surface area (Å²) in [7, 11) is 0. The lowest BCUT2D eigenvalue weighted by atomic mass is 10.1. The molecule has 0 bridgehead atoms. The average molecular weight is 244 g/mol. The van der Waals surface area contributed by atoms with Crippen molar-refractivity contribution in [3.63, 3.8) is 0 Å². The van der Waals surface area contributed by atoms with Gasteiger partial charge in [-0.25, -0.2) is 4.79 Å². The minimum Gasteiger partial charge on any atom is -0.449 e. The van der Waals surface area contributed by atoms with E-state index < -0.39 is 0 Å². The molecule has 0 spiro atoms. The van der Waals surface area contributed by atoms with Crippen LogP contribution in [0, 0.1) is 6.92 Å². The molecule has 0 radical (unpaired) electrons. The molecule has 0 unspecified atom stereocenters. The fourth-order valence-electron chi connectivity index (χ4n) is 1.58. The van der Waals surface area contributed by atoms with Gasteiger partial charge in [-0.1, -0.05) is 29.8 Å². The van der Waals surface area contributed by atoms with Crippen molar-refractivity contribution in [2.45, 2.75) is 13.3 Å². The molecule has 18 heavy (non-hydrogen) atoms. The molecule has 0 saturated carbocycles. The summed E-state index contributed by atoms with van der Waals surface area (Å²) in [4.78, 5) is 11.5. The summed E-state index contributed by atoms with van der Waals surface area (Å²) in [6.45, 7) is 2.65. The Kier molecular flexibility index (Phi) is 4.02. The van der Waals surface area contributed by atoms with E-state index in [0.29, 0.717) is 12.4 Å². The fraction of sp³-hybridized carbons (Fsp3) is 0.214. The van der Waals surface area contributed by atoms with Crippen molar-refractivity contribution in [3.8, 4) is 0 Å². The average Bonchev–Trinajstić information content (AvgIpc) is 2.84. The second-order valence-corrected chi connectivity index (χ2v) is 4.09. The van der Waals surface area contributed by atoms with Crippen LogP contribution in [0.5, 0.6) is 0 Å². The van der Waals surface area contributed by atoms with E-state index in [4.69, 9.17) is 4.42 Å². The van der Waals surface area contributed by atoms with E-state index in [1.165, 1.54) is 17.4 Å². The van der Waals surface area contributed by atoms with E-state index in [0.717, 1.165) is 6.42 Å². The molecule has 94 valence electrons. The van der Waals surface area contributed by atoms with E-state index in [9.17, 15) is 4.79 Å². The summed E-state index contributed by atoms with van der Waals surface area (Å²) in [6, 6.07) is 11.4. The zero-order valence-electron chi connectivity index (χ0n) is 10.3. The van der Waals surface area contributed by atoms with Gasteiger partial charge in [0.15, 0.2) is 0 Å². The normalized spacial score (nSPS) is 10.1. The van der Waals surface area contributed by atoms with Crippen LogP contribution in [0.4, 0.5) is 10.7 Å². The van der Waals surface area contributed by atoms with Gasteiger partial charge in [-0.05, 0) is 25.0 Å². The number of hydrogen-bond donors (Lipinski definition) is 2. The van der Waals surface area contributed by atoms with Crippen LogP contribution in [0.15, 0.2) is 47.1 Å². The van der Waals surface area contributed by atoms with Gasteiger partial charge in [-0.15, -0.1) is 0 Å². The third-order valence-electron chi connectivity index (χ3n) is 2.58. The number of hydrogen-bond acceptors (Lipinski definition) is 2. The zero-order valence-corrected chi connectivity index (χ0v) is 10.3. The van der Waals surface area contributed by atoms with Crippen LogP contribution in [-0.2, 0) is 6.42 Å². The number of aryl methyl sites for hydroxylation is 1. The van der Waals surface area contributed by atoms with Gasteiger partial charge in [0.05, 0.1) is 6.26 Å². The molecule has 0 saturated heterocycles. The molecular formula is C14H16N2O2. The molecule has 1 aromatic heterocycles. The molecule has 4 heteroatoms. The van der Waals surface area contributed by atoms with Gasteiger partial charge >= 0.3 is 6.03 Å². The summed E-state index contributed by atoms with van der Waals surface area (Å²) in [6.07, 6.45) is 2.33. The number of rotatable bonds is 4. The lowest BCUT2D eigenvalue weighted by Crippen LogP contribution is -2.30. The standard InChI is InChI=1S/C14H16N2O2/c1-11-4-6-12(7-5-11)8-9-15-14(17)16-13-3-2-10-18-13/h2-7,10H,8-9H2,1H3,(H2,15,16,17). The highest BCUT2D eigenvalue weighted by molar-refractivity contribution is 5.87. The first-order chi connectivity index (χ1) is 8.74. The van der Waals surface area contributed by atoms with Crippen LogP contribution in [0.25, 0.3) is 0 Å². The third-order valence-corrected chi connectivity index (χ3v) is 2.58. The van der Waals surface area contributed by atoms with Gasteiger partial charge < -0.3 is 9.73 Å². The topological polar surface area (TPSA) is 54.3 Å². The molecule has 1 heterocycles. The summed E-state index contributed by atoms with van der Waals surface area (Å²) < 4.78 is 5.01. The van der Waals surface area contributed by atoms with E-state index >= 15 is 0 Å². The summed E-state index contributed by atoms with van der Waals surface area (Å²) in [5, 5.41) is 5.37. The van der Waals surface area contributed by atoms with Crippen LogP contribution < -0.4 is 10.6 Å². The van der Waals surface area contributed by atoms with Crippen LogP contribution in [0.1, 0.15) is 11.1 Å². The number of urea groups is 1. The van der Waals surface area contributed by atoms with Crippen LogP contribution in [0.2, 0.25) is 0 Å². The smallest absolute Gasteiger partial charge is 0.321 e. The first kappa shape index (κ1) is 12.2. The monoisotopic (exact) mass is 244 g/mol. The summed E-state index contributed by atoms with van der Waals surface area (Å²) in [5.74, 6) is 0.447. The van der Waals surface area contributed by atoms with Gasteiger partial charge in [0.25, 0.3) is 0 Å². The Morgan fingerprint density at radius 2 is 2.00 bits per heavy atom. The Bertz CT molecular complexity index is 489. The van der Waals surface area contributed by atoms with Crippen molar-refractivity contribution >= 4 is 11.9 Å². The first-order valence-corrected chi connectivity index (χ1v) is 5.88. The Balaban J connectivity index is 1.72. The Hall–Kier alpha value is -2.23. The highest BCUT2D eigenvalue weighted by Crippen LogP contribution is 2.06. The summed E-state index contributed by atoms with van der Waals surface area (Å²) in [5.41, 5.74) is 2.45. The van der Waals surface area contributed by atoms with Crippen molar-refractivity contribution < 1.29 is 9.21 Å². The van der Waals surface area contributed by atoms with Crippen molar-refractivity contribution in [2.75, 3.05) is 11.9 Å². The zero-order chi connectivity index (χ0) is 12.8. The molecule has 1 aromatic carbocycles. The number of furan rings is 1. The SMILES string of the molecule is Cc1ccc(CCNC(=O)Nc2ccco2)cc1. The first-order valence-electron chi connectivity index (χ1n) is 5.88. The Morgan fingerprint density at radius 1 is 1.22 bits per heavy atom. The number of carbonyl (C=O) groups is 1. The minimum atomic E-state index is -0.253. The molecule has 4 nitrogen and oxygen atoms in total. The number of amides is 2.